The highest BCUT2D eigenvalue weighted by Crippen LogP contribution is 2.26. The van der Waals surface area contributed by atoms with E-state index in [-0.39, 0.29) is 5.82 Å². The Morgan fingerprint density at radius 2 is 2.10 bits per heavy atom. The quantitative estimate of drug-likeness (QED) is 0.777. The monoisotopic (exact) mass is 268 g/mol. The summed E-state index contributed by atoms with van der Waals surface area (Å²) in [6.45, 7) is 1.85. The van der Waals surface area contributed by atoms with Crippen molar-refractivity contribution in [3.05, 3.63) is 60.4 Å². The molecule has 2 aromatic heterocycles. The molecule has 0 unspecified atom stereocenters. The van der Waals surface area contributed by atoms with E-state index >= 15 is 0 Å². The van der Waals surface area contributed by atoms with Gasteiger partial charge >= 0.3 is 0 Å². The zero-order valence-corrected chi connectivity index (χ0v) is 10.9. The van der Waals surface area contributed by atoms with Gasteiger partial charge in [-0.2, -0.15) is 0 Å². The summed E-state index contributed by atoms with van der Waals surface area (Å²) in [5.41, 5.74) is 8.99. The van der Waals surface area contributed by atoms with Gasteiger partial charge in [0.2, 0.25) is 0 Å². The molecule has 1 aromatic carbocycles. The third-order valence-corrected chi connectivity index (χ3v) is 3.06. The zero-order chi connectivity index (χ0) is 14.1. The first kappa shape index (κ1) is 12.3. The molecule has 0 amide bonds. The van der Waals surface area contributed by atoms with Gasteiger partial charge in [0.05, 0.1) is 23.9 Å². The third-order valence-electron chi connectivity index (χ3n) is 3.06. The molecular formula is C15H13FN4. The Bertz CT molecular complexity index is 744. The van der Waals surface area contributed by atoms with Crippen LogP contribution in [0.3, 0.4) is 0 Å². The SMILES string of the molecule is Cc1cc(F)cc(-n2cncc2-c2cccnc2N)c1. The molecule has 0 fully saturated rings. The van der Waals surface area contributed by atoms with E-state index in [0.29, 0.717) is 11.5 Å². The molecule has 2 N–H and O–H groups in total. The second-order valence-corrected chi connectivity index (χ2v) is 4.57. The van der Waals surface area contributed by atoms with Crippen LogP contribution in [-0.2, 0) is 0 Å². The summed E-state index contributed by atoms with van der Waals surface area (Å²) in [6, 6.07) is 8.51. The number of imidazole rings is 1. The number of pyridine rings is 1. The number of benzene rings is 1. The molecule has 0 saturated heterocycles. The van der Waals surface area contributed by atoms with Crippen molar-refractivity contribution in [2.75, 3.05) is 5.73 Å². The van der Waals surface area contributed by atoms with E-state index < -0.39 is 0 Å². The van der Waals surface area contributed by atoms with E-state index in [1.165, 1.54) is 12.1 Å². The Labute approximate surface area is 115 Å². The fourth-order valence-electron chi connectivity index (χ4n) is 2.19. The maximum Gasteiger partial charge on any atom is 0.132 e. The Morgan fingerprint density at radius 3 is 2.85 bits per heavy atom. The lowest BCUT2D eigenvalue weighted by atomic mass is 10.1. The van der Waals surface area contributed by atoms with E-state index in [2.05, 4.69) is 9.97 Å². The molecule has 0 saturated carbocycles. The minimum atomic E-state index is -0.279. The Kier molecular flexibility index (Phi) is 2.95. The number of hydrogen-bond donors (Lipinski definition) is 1. The zero-order valence-electron chi connectivity index (χ0n) is 10.9. The van der Waals surface area contributed by atoms with E-state index in [9.17, 15) is 4.39 Å². The number of anilines is 1. The predicted molar refractivity (Wildman–Crippen MR) is 75.9 cm³/mol. The van der Waals surface area contributed by atoms with Crippen molar-refractivity contribution in [1.29, 1.82) is 0 Å². The molecule has 0 aliphatic carbocycles. The van der Waals surface area contributed by atoms with E-state index in [1.807, 2.05) is 19.1 Å². The van der Waals surface area contributed by atoms with Crippen molar-refractivity contribution >= 4 is 5.82 Å². The van der Waals surface area contributed by atoms with Crippen molar-refractivity contribution in [1.82, 2.24) is 14.5 Å². The van der Waals surface area contributed by atoms with Crippen LogP contribution in [0, 0.1) is 12.7 Å². The summed E-state index contributed by atoms with van der Waals surface area (Å²) in [4.78, 5) is 8.20. The van der Waals surface area contributed by atoms with Crippen molar-refractivity contribution in [3.8, 4) is 16.9 Å². The van der Waals surface area contributed by atoms with Crippen LogP contribution in [0.15, 0.2) is 49.1 Å². The van der Waals surface area contributed by atoms with E-state index in [4.69, 9.17) is 5.73 Å². The molecule has 4 nitrogen and oxygen atoms in total. The van der Waals surface area contributed by atoms with Crippen molar-refractivity contribution in [2.45, 2.75) is 6.92 Å². The van der Waals surface area contributed by atoms with Crippen LogP contribution in [0.5, 0.6) is 0 Å². The summed E-state index contributed by atoms with van der Waals surface area (Å²) in [5.74, 6) is 0.140. The molecule has 0 bridgehead atoms. The second kappa shape index (κ2) is 4.77. The third kappa shape index (κ3) is 2.14. The highest BCUT2D eigenvalue weighted by molar-refractivity contribution is 5.72. The minimum Gasteiger partial charge on any atom is -0.383 e. The van der Waals surface area contributed by atoms with Crippen LogP contribution < -0.4 is 5.73 Å². The average molecular weight is 268 g/mol. The highest BCUT2D eigenvalue weighted by atomic mass is 19.1. The number of rotatable bonds is 2. The Morgan fingerprint density at radius 1 is 1.25 bits per heavy atom. The molecule has 0 atom stereocenters. The summed E-state index contributed by atoms with van der Waals surface area (Å²) in [6.07, 6.45) is 4.95. The van der Waals surface area contributed by atoms with Gasteiger partial charge in [0.25, 0.3) is 0 Å². The molecule has 100 valence electrons. The van der Waals surface area contributed by atoms with E-state index in [0.717, 1.165) is 16.8 Å². The first-order chi connectivity index (χ1) is 9.65. The van der Waals surface area contributed by atoms with Crippen LogP contribution in [0.2, 0.25) is 0 Å². The van der Waals surface area contributed by atoms with Crippen LogP contribution in [0.25, 0.3) is 16.9 Å². The van der Waals surface area contributed by atoms with E-state index in [1.54, 1.807) is 29.4 Å². The topological polar surface area (TPSA) is 56.7 Å². The number of nitrogens with two attached hydrogens (primary N) is 1. The van der Waals surface area contributed by atoms with Crippen LogP contribution in [-0.4, -0.2) is 14.5 Å². The number of nitrogens with zero attached hydrogens (tertiary/aromatic N) is 3. The highest BCUT2D eigenvalue weighted by Gasteiger charge is 2.11. The van der Waals surface area contributed by atoms with Gasteiger partial charge in [-0.15, -0.1) is 0 Å². The smallest absolute Gasteiger partial charge is 0.132 e. The van der Waals surface area contributed by atoms with Gasteiger partial charge < -0.3 is 5.73 Å². The van der Waals surface area contributed by atoms with Gasteiger partial charge in [0.15, 0.2) is 0 Å². The maximum atomic E-state index is 13.6. The number of hydrogen-bond acceptors (Lipinski definition) is 3. The fraction of sp³-hybridized carbons (Fsp3) is 0.0667. The number of aryl methyl sites for hydroxylation is 1. The molecule has 0 radical (unpaired) electrons. The maximum absolute atomic E-state index is 13.6. The predicted octanol–water partition coefficient (Wildman–Crippen LogP) is 2.96. The van der Waals surface area contributed by atoms with Gasteiger partial charge in [0.1, 0.15) is 11.6 Å². The molecule has 0 aliphatic heterocycles. The number of aromatic nitrogens is 3. The number of nitrogen functional groups attached to an aromatic ring is 1. The fourth-order valence-corrected chi connectivity index (χ4v) is 2.19. The normalized spacial score (nSPS) is 10.7. The first-order valence-electron chi connectivity index (χ1n) is 6.16. The van der Waals surface area contributed by atoms with Gasteiger partial charge in [-0.25, -0.2) is 14.4 Å². The lowest BCUT2D eigenvalue weighted by Gasteiger charge is -2.10. The van der Waals surface area contributed by atoms with Crippen LogP contribution in [0.1, 0.15) is 5.56 Å². The molecule has 20 heavy (non-hydrogen) atoms. The van der Waals surface area contributed by atoms with Gasteiger partial charge in [-0.3, -0.25) is 4.57 Å². The molecule has 3 rings (SSSR count). The van der Waals surface area contributed by atoms with Crippen molar-refractivity contribution < 1.29 is 4.39 Å². The largest absolute Gasteiger partial charge is 0.383 e. The summed E-state index contributed by atoms with van der Waals surface area (Å²) in [7, 11) is 0. The lowest BCUT2D eigenvalue weighted by Crippen LogP contribution is -2.00. The van der Waals surface area contributed by atoms with Gasteiger partial charge in [-0.1, -0.05) is 0 Å². The lowest BCUT2D eigenvalue weighted by molar-refractivity contribution is 0.625. The average Bonchev–Trinajstić information content (AvgIpc) is 2.87. The van der Waals surface area contributed by atoms with Crippen molar-refractivity contribution in [2.24, 2.45) is 0 Å². The Hall–Kier alpha value is -2.69. The van der Waals surface area contributed by atoms with Crippen LogP contribution >= 0.6 is 0 Å². The summed E-state index contributed by atoms with van der Waals surface area (Å²) in [5, 5.41) is 0. The molecular weight excluding hydrogens is 255 g/mol. The van der Waals surface area contributed by atoms with Gasteiger partial charge in [-0.05, 0) is 42.8 Å². The standard InChI is InChI=1S/C15H13FN4/c1-10-5-11(16)7-12(6-10)20-9-18-8-14(20)13-3-2-4-19-15(13)17/h2-9H,1H3,(H2,17,19). The first-order valence-corrected chi connectivity index (χ1v) is 6.16. The van der Waals surface area contributed by atoms with Crippen molar-refractivity contribution in [3.63, 3.8) is 0 Å². The molecule has 2 heterocycles. The second-order valence-electron chi connectivity index (χ2n) is 4.57. The number of halogens is 1. The Balaban J connectivity index is 2.18. The molecule has 3 aromatic rings. The van der Waals surface area contributed by atoms with Gasteiger partial charge in [0, 0.05) is 11.8 Å². The minimum absolute atomic E-state index is 0.279. The summed E-state index contributed by atoms with van der Waals surface area (Å²) < 4.78 is 15.4. The molecule has 0 aliphatic rings. The van der Waals surface area contributed by atoms with Crippen LogP contribution in [0.4, 0.5) is 10.2 Å². The summed E-state index contributed by atoms with van der Waals surface area (Å²) >= 11 is 0. The molecule has 5 heteroatoms. The molecule has 0 spiro atoms.